The summed E-state index contributed by atoms with van der Waals surface area (Å²) in [5, 5.41) is 0. The van der Waals surface area contributed by atoms with Gasteiger partial charge in [-0.1, -0.05) is 83.5 Å². The van der Waals surface area contributed by atoms with Crippen LogP contribution in [-0.2, 0) is 17.3 Å². The Hall–Kier alpha value is -1.82. The molecule has 0 amide bonds. The zero-order valence-corrected chi connectivity index (χ0v) is 17.2. The van der Waals surface area contributed by atoms with Crippen molar-refractivity contribution in [3.63, 3.8) is 0 Å². The van der Waals surface area contributed by atoms with Crippen LogP contribution in [0, 0.1) is 0 Å². The highest BCUT2D eigenvalue weighted by Gasteiger charge is 2.24. The van der Waals surface area contributed by atoms with Gasteiger partial charge in [-0.25, -0.2) is 0 Å². The molecule has 0 N–H and O–H groups in total. The Morgan fingerprint density at radius 1 is 0.760 bits per heavy atom. The molecule has 0 bridgehead atoms. The van der Waals surface area contributed by atoms with E-state index in [1.165, 1.54) is 44.5 Å². The fourth-order valence-electron chi connectivity index (χ4n) is 3.71. The molecule has 0 unspecified atom stereocenters. The third-order valence-corrected chi connectivity index (χ3v) is 5.60. The molecule has 0 heterocycles. The highest BCUT2D eigenvalue weighted by molar-refractivity contribution is 5.87. The first-order chi connectivity index (χ1) is 11.5. The van der Waals surface area contributed by atoms with Crippen LogP contribution < -0.4 is 0 Å². The third-order valence-electron chi connectivity index (χ3n) is 5.60. The van der Waals surface area contributed by atoms with Gasteiger partial charge in [0.05, 0.1) is 0 Å². The molecule has 0 aliphatic heterocycles. The van der Waals surface area contributed by atoms with Crippen LogP contribution in [0.2, 0.25) is 0 Å². The summed E-state index contributed by atoms with van der Waals surface area (Å²) in [6.07, 6.45) is 1.10. The Morgan fingerprint density at radius 2 is 1.32 bits per heavy atom. The van der Waals surface area contributed by atoms with Crippen LogP contribution in [0.5, 0.6) is 0 Å². The van der Waals surface area contributed by atoms with E-state index in [-0.39, 0.29) is 10.8 Å². The minimum atomic E-state index is 0.148. The Bertz CT molecular complexity index is 816. The lowest BCUT2D eigenvalue weighted by atomic mass is 9.78. The monoisotopic (exact) mass is 332 g/mol. The molecule has 132 valence electrons. The second-order valence-corrected chi connectivity index (χ2v) is 9.72. The number of rotatable bonds is 1. The topological polar surface area (TPSA) is 0 Å². The average Bonchev–Trinajstić information content (AvgIpc) is 2.80. The van der Waals surface area contributed by atoms with Gasteiger partial charge in [-0.3, -0.25) is 0 Å². The Morgan fingerprint density at radius 3 is 1.84 bits per heavy atom. The van der Waals surface area contributed by atoms with E-state index in [1.807, 2.05) is 0 Å². The molecular weight excluding hydrogens is 300 g/mol. The molecule has 1 aliphatic carbocycles. The van der Waals surface area contributed by atoms with Gasteiger partial charge < -0.3 is 0 Å². The van der Waals surface area contributed by atoms with Gasteiger partial charge in [-0.2, -0.15) is 0 Å². The van der Waals surface area contributed by atoms with E-state index in [0.29, 0.717) is 0 Å². The van der Waals surface area contributed by atoms with Gasteiger partial charge >= 0.3 is 0 Å². The van der Waals surface area contributed by atoms with Crippen molar-refractivity contribution < 1.29 is 0 Å². The summed E-state index contributed by atoms with van der Waals surface area (Å²) in [6.45, 7) is 18.4. The van der Waals surface area contributed by atoms with Crippen LogP contribution in [0.3, 0.4) is 0 Å². The summed E-state index contributed by atoms with van der Waals surface area (Å²) < 4.78 is 0. The smallest absolute Gasteiger partial charge is 0.00577 e. The molecule has 0 nitrogen and oxygen atoms in total. The fourth-order valence-corrected chi connectivity index (χ4v) is 3.71. The first-order valence-corrected chi connectivity index (χ1v) is 9.43. The number of fused-ring (bicyclic) bond motifs is 1. The van der Waals surface area contributed by atoms with E-state index in [4.69, 9.17) is 0 Å². The SMILES string of the molecule is CC1=C(C)c2c(cccc2-c2cc(C(C)(C)C)cc(C(C)(C)C)c2)C1. The minimum absolute atomic E-state index is 0.148. The quantitative estimate of drug-likeness (QED) is 0.514. The number of hydrogen-bond donors (Lipinski definition) is 0. The van der Waals surface area contributed by atoms with E-state index in [1.54, 1.807) is 0 Å². The predicted octanol–water partition coefficient (Wildman–Crippen LogP) is 7.30. The maximum atomic E-state index is 2.41. The summed E-state index contributed by atoms with van der Waals surface area (Å²) in [7, 11) is 0. The Balaban J connectivity index is 2.28. The van der Waals surface area contributed by atoms with Gasteiger partial charge in [0, 0.05) is 0 Å². The molecule has 0 spiro atoms. The number of allylic oxidation sites excluding steroid dienone is 2. The molecule has 1 aliphatic rings. The van der Waals surface area contributed by atoms with E-state index in [2.05, 4.69) is 91.8 Å². The largest absolute Gasteiger partial charge is 0.0654 e. The van der Waals surface area contributed by atoms with Gasteiger partial charge in [0.1, 0.15) is 0 Å². The molecule has 0 saturated heterocycles. The molecule has 0 atom stereocenters. The minimum Gasteiger partial charge on any atom is -0.0654 e. The van der Waals surface area contributed by atoms with Crippen molar-refractivity contribution >= 4 is 5.57 Å². The predicted molar refractivity (Wildman–Crippen MR) is 111 cm³/mol. The molecular formula is C25H32. The highest BCUT2D eigenvalue weighted by atomic mass is 14.3. The summed E-state index contributed by atoms with van der Waals surface area (Å²) in [5.74, 6) is 0. The molecule has 0 radical (unpaired) electrons. The van der Waals surface area contributed by atoms with E-state index < -0.39 is 0 Å². The number of hydrogen-bond acceptors (Lipinski definition) is 0. The molecule has 25 heavy (non-hydrogen) atoms. The Kier molecular flexibility index (Phi) is 4.22. The maximum Gasteiger partial charge on any atom is -0.00577 e. The van der Waals surface area contributed by atoms with Crippen molar-refractivity contribution in [3.05, 3.63) is 64.2 Å². The average molecular weight is 333 g/mol. The normalized spacial score (nSPS) is 14.9. The summed E-state index contributed by atoms with van der Waals surface area (Å²) in [4.78, 5) is 0. The first kappa shape index (κ1) is 18.0. The van der Waals surface area contributed by atoms with Crippen LogP contribution in [-0.4, -0.2) is 0 Å². The van der Waals surface area contributed by atoms with Crippen molar-refractivity contribution in [2.75, 3.05) is 0 Å². The van der Waals surface area contributed by atoms with Gasteiger partial charge in [0.15, 0.2) is 0 Å². The Labute approximate surface area is 154 Å². The van der Waals surface area contributed by atoms with Crippen molar-refractivity contribution in [2.45, 2.75) is 72.6 Å². The van der Waals surface area contributed by atoms with Gasteiger partial charge in [0.2, 0.25) is 0 Å². The molecule has 0 saturated carbocycles. The lowest BCUT2D eigenvalue weighted by Gasteiger charge is -2.27. The highest BCUT2D eigenvalue weighted by Crippen LogP contribution is 2.41. The molecule has 2 aromatic rings. The lowest BCUT2D eigenvalue weighted by molar-refractivity contribution is 0.569. The second-order valence-electron chi connectivity index (χ2n) is 9.72. The van der Waals surface area contributed by atoms with Gasteiger partial charge in [-0.05, 0) is 70.1 Å². The first-order valence-electron chi connectivity index (χ1n) is 9.43. The lowest BCUT2D eigenvalue weighted by Crippen LogP contribution is -2.16. The molecule has 0 aromatic heterocycles. The molecule has 3 rings (SSSR count). The zero-order chi connectivity index (χ0) is 18.6. The summed E-state index contributed by atoms with van der Waals surface area (Å²) in [5.41, 5.74) is 11.8. The fraction of sp³-hybridized carbons (Fsp3) is 0.440. The molecule has 0 heteroatoms. The van der Waals surface area contributed by atoms with Crippen LogP contribution in [0.15, 0.2) is 42.0 Å². The van der Waals surface area contributed by atoms with Crippen molar-refractivity contribution in [1.29, 1.82) is 0 Å². The van der Waals surface area contributed by atoms with E-state index in [0.717, 1.165) is 6.42 Å². The second kappa shape index (κ2) is 5.87. The maximum absolute atomic E-state index is 2.41. The van der Waals surface area contributed by atoms with Crippen LogP contribution >= 0.6 is 0 Å². The standard InChI is InChI=1S/C25H32/c1-16-12-18-10-9-11-22(23(18)17(16)2)19-13-20(24(3,4)5)15-21(14-19)25(6,7)8/h9-11,13-15H,12H2,1-8H3. The van der Waals surface area contributed by atoms with Crippen molar-refractivity contribution in [2.24, 2.45) is 0 Å². The van der Waals surface area contributed by atoms with Crippen molar-refractivity contribution in [3.8, 4) is 11.1 Å². The van der Waals surface area contributed by atoms with E-state index >= 15 is 0 Å². The van der Waals surface area contributed by atoms with Crippen LogP contribution in [0.4, 0.5) is 0 Å². The summed E-state index contributed by atoms with van der Waals surface area (Å²) in [6, 6.07) is 14.0. The van der Waals surface area contributed by atoms with Crippen molar-refractivity contribution in [1.82, 2.24) is 0 Å². The van der Waals surface area contributed by atoms with E-state index in [9.17, 15) is 0 Å². The third kappa shape index (κ3) is 3.32. The van der Waals surface area contributed by atoms with Crippen LogP contribution in [0.25, 0.3) is 16.7 Å². The van der Waals surface area contributed by atoms with Gasteiger partial charge in [-0.15, -0.1) is 0 Å². The molecule has 2 aromatic carbocycles. The molecule has 0 fully saturated rings. The summed E-state index contributed by atoms with van der Waals surface area (Å²) >= 11 is 0. The number of benzene rings is 2. The zero-order valence-electron chi connectivity index (χ0n) is 17.2. The van der Waals surface area contributed by atoms with Crippen LogP contribution in [0.1, 0.15) is 77.6 Å². The van der Waals surface area contributed by atoms with Gasteiger partial charge in [0.25, 0.3) is 0 Å².